The fraction of sp³-hybridized carbons (Fsp3) is 0.278. The minimum absolute atomic E-state index is 0.0812. The van der Waals surface area contributed by atoms with Gasteiger partial charge >= 0.3 is 6.61 Å². The first-order chi connectivity index (χ1) is 11.0. The molecule has 122 valence electrons. The normalized spacial score (nSPS) is 10.9. The maximum Gasteiger partial charge on any atom is 0.387 e. The highest BCUT2D eigenvalue weighted by Gasteiger charge is 2.23. The number of ether oxygens (including phenoxy) is 1. The van der Waals surface area contributed by atoms with Crippen LogP contribution in [0.2, 0.25) is 0 Å². The lowest BCUT2D eigenvalue weighted by atomic mass is 10.1. The predicted molar refractivity (Wildman–Crippen MR) is 84.5 cm³/mol. The minimum Gasteiger partial charge on any atom is -0.434 e. The molecule has 5 heteroatoms. The summed E-state index contributed by atoms with van der Waals surface area (Å²) in [7, 11) is 0. The van der Waals surface area contributed by atoms with Crippen molar-refractivity contribution in [2.75, 3.05) is 0 Å². The maximum atomic E-state index is 12.8. The number of hydrogen-bond acceptors (Lipinski definition) is 2. The summed E-state index contributed by atoms with van der Waals surface area (Å²) in [5, 5.41) is 0. The van der Waals surface area contributed by atoms with Gasteiger partial charge in [0, 0.05) is 12.6 Å². The molecule has 0 atom stereocenters. The second kappa shape index (κ2) is 7.72. The molecule has 0 unspecified atom stereocenters. The van der Waals surface area contributed by atoms with Crippen LogP contribution in [0.1, 0.15) is 29.8 Å². The van der Waals surface area contributed by atoms with Crippen LogP contribution in [0.25, 0.3) is 0 Å². The quantitative estimate of drug-likeness (QED) is 0.793. The predicted octanol–water partition coefficient (Wildman–Crippen LogP) is 4.34. The third kappa shape index (κ3) is 4.52. The summed E-state index contributed by atoms with van der Waals surface area (Å²) < 4.78 is 29.5. The van der Waals surface area contributed by atoms with Gasteiger partial charge in [0.15, 0.2) is 0 Å². The smallest absolute Gasteiger partial charge is 0.387 e. The Labute approximate surface area is 134 Å². The Morgan fingerprint density at radius 3 is 2.26 bits per heavy atom. The van der Waals surface area contributed by atoms with Crippen LogP contribution >= 0.6 is 0 Å². The van der Waals surface area contributed by atoms with Gasteiger partial charge in [-0.2, -0.15) is 8.78 Å². The van der Waals surface area contributed by atoms with Gasteiger partial charge in [0.1, 0.15) is 5.75 Å². The molecule has 1 amide bonds. The van der Waals surface area contributed by atoms with Crippen molar-refractivity contribution in [1.82, 2.24) is 4.90 Å². The monoisotopic (exact) mass is 319 g/mol. The first kappa shape index (κ1) is 16.9. The highest BCUT2D eigenvalue weighted by Crippen LogP contribution is 2.23. The van der Waals surface area contributed by atoms with E-state index in [4.69, 9.17) is 0 Å². The molecule has 0 heterocycles. The Bertz CT molecular complexity index is 644. The molecule has 2 aromatic rings. The van der Waals surface area contributed by atoms with E-state index in [-0.39, 0.29) is 23.3 Å². The minimum atomic E-state index is -2.97. The standard InChI is InChI=1S/C18H19F2NO2/c1-13(2)21(12-14-8-4-3-5-9-14)17(22)15-10-6-7-11-16(15)23-18(19)20/h3-11,13,18H,12H2,1-2H3. The number of benzene rings is 2. The van der Waals surface area contributed by atoms with E-state index in [1.165, 1.54) is 12.1 Å². The van der Waals surface area contributed by atoms with Crippen LogP contribution in [0.4, 0.5) is 8.78 Å². The Balaban J connectivity index is 2.28. The fourth-order valence-electron chi connectivity index (χ4n) is 2.27. The Morgan fingerprint density at radius 1 is 1.04 bits per heavy atom. The Kier molecular flexibility index (Phi) is 5.68. The zero-order valence-corrected chi connectivity index (χ0v) is 13.1. The van der Waals surface area contributed by atoms with Gasteiger partial charge in [-0.1, -0.05) is 42.5 Å². The third-order valence-electron chi connectivity index (χ3n) is 3.41. The van der Waals surface area contributed by atoms with Crippen molar-refractivity contribution in [2.24, 2.45) is 0 Å². The second-order valence-corrected chi connectivity index (χ2v) is 5.39. The molecule has 0 aliphatic rings. The first-order valence-corrected chi connectivity index (χ1v) is 7.37. The molecule has 2 rings (SSSR count). The van der Waals surface area contributed by atoms with Crippen molar-refractivity contribution in [3.05, 3.63) is 65.7 Å². The number of amides is 1. The van der Waals surface area contributed by atoms with Crippen molar-refractivity contribution in [3.63, 3.8) is 0 Å². The van der Waals surface area contributed by atoms with Crippen LogP contribution in [0, 0.1) is 0 Å². The van der Waals surface area contributed by atoms with Crippen molar-refractivity contribution >= 4 is 5.91 Å². The van der Waals surface area contributed by atoms with Gasteiger partial charge in [0.05, 0.1) is 5.56 Å². The van der Waals surface area contributed by atoms with Crippen molar-refractivity contribution < 1.29 is 18.3 Å². The van der Waals surface area contributed by atoms with Crippen LogP contribution in [0.5, 0.6) is 5.75 Å². The number of carbonyl (C=O) groups is 1. The summed E-state index contributed by atoms with van der Waals surface area (Å²) in [5.41, 5.74) is 1.11. The number of rotatable bonds is 6. The maximum absolute atomic E-state index is 12.8. The van der Waals surface area contributed by atoms with E-state index in [0.717, 1.165) is 5.56 Å². The van der Waals surface area contributed by atoms with E-state index < -0.39 is 6.61 Å². The molecular formula is C18H19F2NO2. The summed E-state index contributed by atoms with van der Waals surface area (Å²) >= 11 is 0. The van der Waals surface area contributed by atoms with Gasteiger partial charge in [-0.25, -0.2) is 0 Å². The highest BCUT2D eigenvalue weighted by atomic mass is 19.3. The van der Waals surface area contributed by atoms with Gasteiger partial charge in [-0.3, -0.25) is 4.79 Å². The van der Waals surface area contributed by atoms with E-state index in [2.05, 4.69) is 4.74 Å². The molecule has 0 aliphatic carbocycles. The fourth-order valence-corrected chi connectivity index (χ4v) is 2.27. The Morgan fingerprint density at radius 2 is 1.65 bits per heavy atom. The lowest BCUT2D eigenvalue weighted by molar-refractivity contribution is -0.0503. The number of halogens is 2. The number of alkyl halides is 2. The molecular weight excluding hydrogens is 300 g/mol. The molecule has 0 aliphatic heterocycles. The van der Waals surface area contributed by atoms with Crippen LogP contribution < -0.4 is 4.74 Å². The first-order valence-electron chi connectivity index (χ1n) is 7.37. The molecule has 2 aromatic carbocycles. The highest BCUT2D eigenvalue weighted by molar-refractivity contribution is 5.97. The summed E-state index contributed by atoms with van der Waals surface area (Å²) in [6, 6.07) is 15.5. The van der Waals surface area contributed by atoms with Crippen molar-refractivity contribution in [3.8, 4) is 5.75 Å². The molecule has 0 saturated carbocycles. The van der Waals surface area contributed by atoms with Gasteiger partial charge in [-0.15, -0.1) is 0 Å². The summed E-state index contributed by atoms with van der Waals surface area (Å²) in [6.07, 6.45) is 0. The van der Waals surface area contributed by atoms with Gasteiger partial charge in [0.2, 0.25) is 0 Å². The average molecular weight is 319 g/mol. The molecule has 0 aromatic heterocycles. The molecule has 0 N–H and O–H groups in total. The Hall–Kier alpha value is -2.43. The second-order valence-electron chi connectivity index (χ2n) is 5.39. The third-order valence-corrected chi connectivity index (χ3v) is 3.41. The number of para-hydroxylation sites is 1. The van der Waals surface area contributed by atoms with E-state index in [0.29, 0.717) is 6.54 Å². The van der Waals surface area contributed by atoms with Crippen LogP contribution in [0.3, 0.4) is 0 Å². The zero-order chi connectivity index (χ0) is 16.8. The van der Waals surface area contributed by atoms with Crippen LogP contribution in [-0.4, -0.2) is 23.5 Å². The lowest BCUT2D eigenvalue weighted by Crippen LogP contribution is -2.36. The van der Waals surface area contributed by atoms with Crippen LogP contribution in [-0.2, 0) is 6.54 Å². The number of nitrogens with zero attached hydrogens (tertiary/aromatic N) is 1. The van der Waals surface area contributed by atoms with E-state index in [1.54, 1.807) is 17.0 Å². The molecule has 23 heavy (non-hydrogen) atoms. The van der Waals surface area contributed by atoms with Gasteiger partial charge < -0.3 is 9.64 Å². The SMILES string of the molecule is CC(C)N(Cc1ccccc1)C(=O)c1ccccc1OC(F)F. The molecule has 0 fully saturated rings. The summed E-state index contributed by atoms with van der Waals surface area (Å²) in [5.74, 6) is -0.439. The van der Waals surface area contributed by atoms with Gasteiger partial charge in [0.25, 0.3) is 5.91 Å². The zero-order valence-electron chi connectivity index (χ0n) is 13.1. The van der Waals surface area contributed by atoms with Gasteiger partial charge in [-0.05, 0) is 31.5 Å². The molecule has 0 saturated heterocycles. The molecule has 0 radical (unpaired) electrons. The number of carbonyl (C=O) groups excluding carboxylic acids is 1. The van der Waals surface area contributed by atoms with Crippen molar-refractivity contribution in [1.29, 1.82) is 0 Å². The largest absolute Gasteiger partial charge is 0.434 e. The van der Waals surface area contributed by atoms with E-state index >= 15 is 0 Å². The number of hydrogen-bond donors (Lipinski definition) is 0. The average Bonchev–Trinajstić information content (AvgIpc) is 2.52. The van der Waals surface area contributed by atoms with Crippen LogP contribution in [0.15, 0.2) is 54.6 Å². The topological polar surface area (TPSA) is 29.5 Å². The van der Waals surface area contributed by atoms with E-state index in [1.807, 2.05) is 44.2 Å². The summed E-state index contributed by atoms with van der Waals surface area (Å²) in [4.78, 5) is 14.4. The summed E-state index contributed by atoms with van der Waals surface area (Å²) in [6.45, 7) is 1.21. The lowest BCUT2D eigenvalue weighted by Gasteiger charge is -2.27. The van der Waals surface area contributed by atoms with Crippen molar-refractivity contribution in [2.45, 2.75) is 33.0 Å². The van der Waals surface area contributed by atoms with E-state index in [9.17, 15) is 13.6 Å². The molecule has 3 nitrogen and oxygen atoms in total. The molecule has 0 bridgehead atoms. The molecule has 0 spiro atoms.